The smallest absolute Gasteiger partial charge is 0.350 e. The van der Waals surface area contributed by atoms with Gasteiger partial charge in [0.15, 0.2) is 5.13 Å². The predicted molar refractivity (Wildman–Crippen MR) is 135 cm³/mol. The van der Waals surface area contributed by atoms with Gasteiger partial charge in [-0.1, -0.05) is 39.4 Å². The first-order valence-electron chi connectivity index (χ1n) is 10.4. The molecule has 2 aromatic carbocycles. The fraction of sp³-hybridized carbons (Fsp3) is 0.200. The number of aliphatic hydroxyl groups is 1. The molecule has 180 valence electrons. The maximum Gasteiger partial charge on any atom is 0.350 e. The molecule has 3 aromatic rings. The largest absolute Gasteiger partial charge is 0.507 e. The van der Waals surface area contributed by atoms with Crippen LogP contribution in [0.25, 0.3) is 5.76 Å². The molecule has 0 spiro atoms. The minimum atomic E-state index is -0.967. The highest BCUT2D eigenvalue weighted by Gasteiger charge is 2.48. The summed E-state index contributed by atoms with van der Waals surface area (Å²) in [7, 11) is 2.80. The van der Waals surface area contributed by atoms with E-state index in [1.54, 1.807) is 50.4 Å². The first kappa shape index (κ1) is 24.6. The Labute approximate surface area is 213 Å². The van der Waals surface area contributed by atoms with E-state index in [0.29, 0.717) is 22.6 Å². The Kier molecular flexibility index (Phi) is 6.77. The van der Waals surface area contributed by atoms with Crippen molar-refractivity contribution in [1.29, 1.82) is 0 Å². The van der Waals surface area contributed by atoms with Crippen molar-refractivity contribution in [1.82, 2.24) is 4.98 Å². The Bertz CT molecular complexity index is 1400. The molecule has 1 atom stereocenters. The van der Waals surface area contributed by atoms with Crippen LogP contribution in [0.2, 0.25) is 0 Å². The molecule has 1 N–H and O–H groups in total. The van der Waals surface area contributed by atoms with Gasteiger partial charge in [0.1, 0.15) is 16.4 Å². The molecule has 8 nitrogen and oxygen atoms in total. The summed E-state index contributed by atoms with van der Waals surface area (Å²) in [6.07, 6.45) is 0. The van der Waals surface area contributed by atoms with Crippen LogP contribution >= 0.6 is 27.3 Å². The van der Waals surface area contributed by atoms with Gasteiger partial charge in [0.05, 0.1) is 31.5 Å². The summed E-state index contributed by atoms with van der Waals surface area (Å²) >= 11 is 4.38. The normalized spacial score (nSPS) is 17.1. The van der Waals surface area contributed by atoms with Gasteiger partial charge in [-0.25, -0.2) is 9.78 Å². The van der Waals surface area contributed by atoms with Crippen LogP contribution in [0.4, 0.5) is 5.13 Å². The van der Waals surface area contributed by atoms with Gasteiger partial charge in [-0.05, 0) is 55.3 Å². The van der Waals surface area contributed by atoms with Crippen molar-refractivity contribution < 1.29 is 29.0 Å². The summed E-state index contributed by atoms with van der Waals surface area (Å²) in [6, 6.07) is 11.1. The van der Waals surface area contributed by atoms with E-state index < -0.39 is 23.7 Å². The fourth-order valence-electron chi connectivity index (χ4n) is 3.97. The number of aryl methyl sites for hydroxylation is 2. The highest BCUT2D eigenvalue weighted by Crippen LogP contribution is 2.44. The highest BCUT2D eigenvalue weighted by molar-refractivity contribution is 9.10. The molecule has 1 aliphatic rings. The molecular formula is C25H21BrN2O6S. The first-order valence-corrected chi connectivity index (χ1v) is 12.1. The second-order valence-corrected chi connectivity index (χ2v) is 9.70. The van der Waals surface area contributed by atoms with Crippen molar-refractivity contribution in [2.75, 3.05) is 19.1 Å². The minimum Gasteiger partial charge on any atom is -0.507 e. The molecule has 1 aromatic heterocycles. The zero-order chi connectivity index (χ0) is 25.4. The Morgan fingerprint density at radius 3 is 2.51 bits per heavy atom. The average molecular weight is 557 g/mol. The number of esters is 1. The molecule has 1 saturated heterocycles. The molecular weight excluding hydrogens is 536 g/mol. The average Bonchev–Trinajstić information content (AvgIpc) is 3.34. The molecule has 4 rings (SSSR count). The Morgan fingerprint density at radius 2 is 1.89 bits per heavy atom. The summed E-state index contributed by atoms with van der Waals surface area (Å²) < 4.78 is 10.8. The predicted octanol–water partition coefficient (Wildman–Crippen LogP) is 4.94. The molecule has 2 heterocycles. The monoisotopic (exact) mass is 556 g/mol. The van der Waals surface area contributed by atoms with Crippen LogP contribution in [-0.2, 0) is 14.3 Å². The van der Waals surface area contributed by atoms with Crippen LogP contribution < -0.4 is 9.64 Å². The van der Waals surface area contributed by atoms with Gasteiger partial charge in [0, 0.05) is 10.0 Å². The maximum atomic E-state index is 13.3. The lowest BCUT2D eigenvalue weighted by Gasteiger charge is -2.23. The van der Waals surface area contributed by atoms with Gasteiger partial charge < -0.3 is 14.6 Å². The lowest BCUT2D eigenvalue weighted by molar-refractivity contribution is -0.132. The topological polar surface area (TPSA) is 106 Å². The third-order valence-corrected chi connectivity index (χ3v) is 7.27. The summed E-state index contributed by atoms with van der Waals surface area (Å²) in [4.78, 5) is 44.6. The van der Waals surface area contributed by atoms with Crippen LogP contribution in [-0.4, -0.2) is 42.0 Å². The number of halogens is 1. The van der Waals surface area contributed by atoms with E-state index in [-0.39, 0.29) is 21.3 Å². The number of thiazole rings is 1. The first-order chi connectivity index (χ1) is 16.7. The standard InChI is InChI=1S/C25H21BrN2O6S/c1-12-10-15(8-9-17(12)33-3)20(29)18-19(14-6-5-7-16(26)11-14)28(23(31)21(18)30)25-27-13(2)22(35-25)24(32)34-4/h5-11,19,29H,1-4H3/t19-/m0/s1. The summed E-state index contributed by atoms with van der Waals surface area (Å²) in [5.74, 6) is -1.99. The summed E-state index contributed by atoms with van der Waals surface area (Å²) in [6.45, 7) is 3.43. The number of aliphatic hydroxyl groups excluding tert-OH is 1. The number of hydrogen-bond donors (Lipinski definition) is 1. The summed E-state index contributed by atoms with van der Waals surface area (Å²) in [5.41, 5.74) is 2.00. The van der Waals surface area contributed by atoms with Gasteiger partial charge in [0.25, 0.3) is 5.78 Å². The summed E-state index contributed by atoms with van der Waals surface area (Å²) in [5, 5.41) is 11.4. The molecule has 0 unspecified atom stereocenters. The quantitative estimate of drug-likeness (QED) is 0.205. The molecule has 0 radical (unpaired) electrons. The molecule has 0 bridgehead atoms. The molecule has 35 heavy (non-hydrogen) atoms. The third kappa shape index (κ3) is 4.35. The molecule has 1 amide bonds. The zero-order valence-electron chi connectivity index (χ0n) is 19.3. The molecule has 0 saturated carbocycles. The van der Waals surface area contributed by atoms with E-state index in [2.05, 4.69) is 20.9 Å². The number of carbonyl (C=O) groups is 3. The Balaban J connectivity index is 1.94. The lowest BCUT2D eigenvalue weighted by Crippen LogP contribution is -2.29. The van der Waals surface area contributed by atoms with Crippen LogP contribution in [0, 0.1) is 13.8 Å². The van der Waals surface area contributed by atoms with Crippen molar-refractivity contribution in [2.45, 2.75) is 19.9 Å². The van der Waals surface area contributed by atoms with Gasteiger partial charge in [-0.2, -0.15) is 0 Å². The number of ether oxygens (including phenoxy) is 2. The number of hydrogen-bond acceptors (Lipinski definition) is 8. The molecule has 0 aliphatic carbocycles. The van der Waals surface area contributed by atoms with E-state index in [0.717, 1.165) is 21.4 Å². The Hall–Kier alpha value is -3.50. The van der Waals surface area contributed by atoms with Crippen LogP contribution in [0.1, 0.15) is 38.1 Å². The number of aromatic nitrogens is 1. The number of Topliss-reactive ketones (excluding diaryl/α,β-unsaturated/α-hetero) is 1. The second-order valence-electron chi connectivity index (χ2n) is 7.81. The fourth-order valence-corrected chi connectivity index (χ4v) is 5.40. The van der Waals surface area contributed by atoms with Crippen molar-refractivity contribution in [3.8, 4) is 5.75 Å². The molecule has 1 fully saturated rings. The minimum absolute atomic E-state index is 0.0786. The molecule has 1 aliphatic heterocycles. The number of amides is 1. The third-order valence-electron chi connectivity index (χ3n) is 5.64. The lowest BCUT2D eigenvalue weighted by atomic mass is 9.95. The number of anilines is 1. The number of carbonyl (C=O) groups excluding carboxylic acids is 3. The van der Waals surface area contributed by atoms with Gasteiger partial charge in [0.2, 0.25) is 0 Å². The zero-order valence-corrected chi connectivity index (χ0v) is 21.7. The number of methoxy groups -OCH3 is 2. The second kappa shape index (κ2) is 9.63. The van der Waals surface area contributed by atoms with Crippen LogP contribution in [0.15, 0.2) is 52.5 Å². The van der Waals surface area contributed by atoms with Gasteiger partial charge in [-0.3, -0.25) is 14.5 Å². The van der Waals surface area contributed by atoms with Crippen molar-refractivity contribution >= 4 is 55.8 Å². The number of nitrogens with zero attached hydrogens (tertiary/aromatic N) is 2. The van der Waals surface area contributed by atoms with E-state index in [1.807, 2.05) is 13.0 Å². The number of rotatable bonds is 5. The van der Waals surface area contributed by atoms with E-state index in [9.17, 15) is 19.5 Å². The van der Waals surface area contributed by atoms with Crippen molar-refractivity contribution in [3.05, 3.63) is 79.8 Å². The SMILES string of the molecule is COC(=O)c1sc(N2C(=O)C(=O)C(=C(O)c3ccc(OC)c(C)c3)[C@@H]2c2cccc(Br)c2)nc1C. The Morgan fingerprint density at radius 1 is 1.14 bits per heavy atom. The van der Waals surface area contributed by atoms with E-state index in [4.69, 9.17) is 9.47 Å². The van der Waals surface area contributed by atoms with E-state index in [1.165, 1.54) is 12.0 Å². The van der Waals surface area contributed by atoms with Crippen LogP contribution in [0.5, 0.6) is 5.75 Å². The van der Waals surface area contributed by atoms with Crippen LogP contribution in [0.3, 0.4) is 0 Å². The van der Waals surface area contributed by atoms with Gasteiger partial charge >= 0.3 is 11.9 Å². The van der Waals surface area contributed by atoms with Gasteiger partial charge in [-0.15, -0.1) is 0 Å². The van der Waals surface area contributed by atoms with E-state index >= 15 is 0 Å². The maximum absolute atomic E-state index is 13.3. The molecule has 10 heteroatoms. The van der Waals surface area contributed by atoms with Crippen molar-refractivity contribution in [3.63, 3.8) is 0 Å². The van der Waals surface area contributed by atoms with Crippen molar-refractivity contribution in [2.24, 2.45) is 0 Å². The number of ketones is 1. The number of benzene rings is 2. The highest BCUT2D eigenvalue weighted by atomic mass is 79.9.